The number of aryl methyl sites for hydroxylation is 1. The van der Waals surface area contributed by atoms with Crippen LogP contribution >= 0.6 is 0 Å². The van der Waals surface area contributed by atoms with Crippen molar-refractivity contribution in [2.24, 2.45) is 5.73 Å². The number of ether oxygens (including phenoxy) is 1. The SMILES string of the molecule is CCn1ccnc1C(N)COc1ccccc1. The second kappa shape index (κ2) is 5.50. The molecule has 90 valence electrons. The molecular weight excluding hydrogens is 214 g/mol. The molecule has 1 unspecified atom stereocenters. The number of aromatic nitrogens is 2. The van der Waals surface area contributed by atoms with Gasteiger partial charge in [-0.05, 0) is 19.1 Å². The van der Waals surface area contributed by atoms with Gasteiger partial charge in [-0.25, -0.2) is 4.98 Å². The Balaban J connectivity index is 1.96. The summed E-state index contributed by atoms with van der Waals surface area (Å²) in [6.45, 7) is 3.37. The Labute approximate surface area is 101 Å². The van der Waals surface area contributed by atoms with E-state index in [4.69, 9.17) is 10.5 Å². The standard InChI is InChI=1S/C13H17N3O/c1-2-16-9-8-15-13(16)12(14)10-17-11-6-4-3-5-7-11/h3-9,12H,2,10,14H2,1H3. The Bertz CT molecular complexity index is 453. The van der Waals surface area contributed by atoms with Gasteiger partial charge in [-0.15, -0.1) is 0 Å². The zero-order valence-corrected chi connectivity index (χ0v) is 9.91. The first kappa shape index (κ1) is 11.7. The smallest absolute Gasteiger partial charge is 0.129 e. The Kier molecular flexibility index (Phi) is 3.77. The number of imidazole rings is 1. The quantitative estimate of drug-likeness (QED) is 0.856. The molecule has 17 heavy (non-hydrogen) atoms. The lowest BCUT2D eigenvalue weighted by molar-refractivity contribution is 0.283. The van der Waals surface area contributed by atoms with Crippen LogP contribution < -0.4 is 10.5 Å². The van der Waals surface area contributed by atoms with Crippen molar-refractivity contribution in [2.75, 3.05) is 6.61 Å². The van der Waals surface area contributed by atoms with Crippen molar-refractivity contribution in [3.63, 3.8) is 0 Å². The summed E-state index contributed by atoms with van der Waals surface area (Å²) in [4.78, 5) is 4.26. The van der Waals surface area contributed by atoms with Crippen LogP contribution in [-0.2, 0) is 6.54 Å². The summed E-state index contributed by atoms with van der Waals surface area (Å²) in [5.41, 5.74) is 6.06. The maximum absolute atomic E-state index is 6.06. The van der Waals surface area contributed by atoms with Crippen molar-refractivity contribution in [1.82, 2.24) is 9.55 Å². The van der Waals surface area contributed by atoms with Crippen LogP contribution in [0.15, 0.2) is 42.7 Å². The molecule has 0 saturated carbocycles. The molecule has 4 nitrogen and oxygen atoms in total. The van der Waals surface area contributed by atoms with Crippen molar-refractivity contribution in [3.05, 3.63) is 48.5 Å². The van der Waals surface area contributed by atoms with E-state index in [1.165, 1.54) is 0 Å². The van der Waals surface area contributed by atoms with Gasteiger partial charge in [-0.1, -0.05) is 18.2 Å². The summed E-state index contributed by atoms with van der Waals surface area (Å²) in [6, 6.07) is 9.46. The second-order valence-electron chi connectivity index (χ2n) is 3.80. The van der Waals surface area contributed by atoms with E-state index < -0.39 is 0 Å². The monoisotopic (exact) mass is 231 g/mol. The lowest BCUT2D eigenvalue weighted by Crippen LogP contribution is -2.23. The molecule has 1 aromatic carbocycles. The minimum absolute atomic E-state index is 0.204. The molecule has 0 aliphatic heterocycles. The van der Waals surface area contributed by atoms with Crippen LogP contribution in [0.3, 0.4) is 0 Å². The van der Waals surface area contributed by atoms with Crippen LogP contribution in [0.25, 0.3) is 0 Å². The Hall–Kier alpha value is -1.81. The Morgan fingerprint density at radius 2 is 2.12 bits per heavy atom. The minimum atomic E-state index is -0.204. The normalized spacial score (nSPS) is 12.4. The predicted octanol–water partition coefficient (Wildman–Crippen LogP) is 1.98. The molecule has 0 saturated heterocycles. The molecule has 4 heteroatoms. The predicted molar refractivity (Wildman–Crippen MR) is 66.8 cm³/mol. The van der Waals surface area contributed by atoms with Crippen molar-refractivity contribution in [3.8, 4) is 5.75 Å². The third-order valence-corrected chi connectivity index (χ3v) is 2.59. The topological polar surface area (TPSA) is 53.1 Å². The molecule has 2 rings (SSSR count). The number of benzene rings is 1. The van der Waals surface area contributed by atoms with E-state index in [0.717, 1.165) is 18.1 Å². The molecule has 1 aromatic heterocycles. The van der Waals surface area contributed by atoms with Crippen molar-refractivity contribution < 1.29 is 4.74 Å². The van der Waals surface area contributed by atoms with Crippen LogP contribution in [0.1, 0.15) is 18.8 Å². The summed E-state index contributed by atoms with van der Waals surface area (Å²) in [5.74, 6) is 1.70. The Morgan fingerprint density at radius 3 is 2.82 bits per heavy atom. The van der Waals surface area contributed by atoms with Crippen LogP contribution in [0.4, 0.5) is 0 Å². The van der Waals surface area contributed by atoms with Gasteiger partial charge in [-0.2, -0.15) is 0 Å². The summed E-state index contributed by atoms with van der Waals surface area (Å²) in [6.07, 6.45) is 3.69. The molecule has 2 aromatic rings. The fraction of sp³-hybridized carbons (Fsp3) is 0.308. The zero-order chi connectivity index (χ0) is 12.1. The summed E-state index contributed by atoms with van der Waals surface area (Å²) < 4.78 is 7.64. The maximum atomic E-state index is 6.06. The largest absolute Gasteiger partial charge is 0.491 e. The summed E-state index contributed by atoms with van der Waals surface area (Å²) in [7, 11) is 0. The number of nitrogens with two attached hydrogens (primary N) is 1. The number of para-hydroxylation sites is 1. The van der Waals surface area contributed by atoms with Crippen molar-refractivity contribution >= 4 is 0 Å². The summed E-state index contributed by atoms with van der Waals surface area (Å²) >= 11 is 0. The van der Waals surface area contributed by atoms with E-state index >= 15 is 0 Å². The molecule has 0 aliphatic carbocycles. The first-order valence-corrected chi connectivity index (χ1v) is 5.75. The van der Waals surface area contributed by atoms with E-state index in [0.29, 0.717) is 6.61 Å². The van der Waals surface area contributed by atoms with Crippen molar-refractivity contribution in [1.29, 1.82) is 0 Å². The van der Waals surface area contributed by atoms with Crippen LogP contribution in [-0.4, -0.2) is 16.2 Å². The van der Waals surface area contributed by atoms with E-state index in [1.807, 2.05) is 41.1 Å². The van der Waals surface area contributed by atoms with Gasteiger partial charge in [0.2, 0.25) is 0 Å². The fourth-order valence-electron chi connectivity index (χ4n) is 1.69. The third kappa shape index (κ3) is 2.85. The van der Waals surface area contributed by atoms with Crippen molar-refractivity contribution in [2.45, 2.75) is 19.5 Å². The highest BCUT2D eigenvalue weighted by atomic mass is 16.5. The second-order valence-corrected chi connectivity index (χ2v) is 3.80. The van der Waals surface area contributed by atoms with Gasteiger partial charge in [0, 0.05) is 18.9 Å². The average molecular weight is 231 g/mol. The first-order chi connectivity index (χ1) is 8.31. The van der Waals surface area contributed by atoms with Crippen LogP contribution in [0.2, 0.25) is 0 Å². The minimum Gasteiger partial charge on any atom is -0.491 e. The molecule has 0 aliphatic rings. The maximum Gasteiger partial charge on any atom is 0.129 e. The fourth-order valence-corrected chi connectivity index (χ4v) is 1.69. The zero-order valence-electron chi connectivity index (χ0n) is 9.91. The van der Waals surface area contributed by atoms with Gasteiger partial charge in [0.25, 0.3) is 0 Å². The van der Waals surface area contributed by atoms with Crippen LogP contribution in [0, 0.1) is 0 Å². The number of rotatable bonds is 5. The Morgan fingerprint density at radius 1 is 1.35 bits per heavy atom. The molecule has 0 bridgehead atoms. The average Bonchev–Trinajstić information content (AvgIpc) is 2.85. The van der Waals surface area contributed by atoms with Gasteiger partial charge >= 0.3 is 0 Å². The highest BCUT2D eigenvalue weighted by molar-refractivity contribution is 5.21. The molecule has 1 heterocycles. The van der Waals surface area contributed by atoms with E-state index in [1.54, 1.807) is 6.20 Å². The third-order valence-electron chi connectivity index (χ3n) is 2.59. The lowest BCUT2D eigenvalue weighted by atomic mass is 10.3. The van der Waals surface area contributed by atoms with Crippen LogP contribution in [0.5, 0.6) is 5.75 Å². The molecule has 1 atom stereocenters. The highest BCUT2D eigenvalue weighted by Gasteiger charge is 2.12. The van der Waals surface area contributed by atoms with Gasteiger partial charge in [0.15, 0.2) is 0 Å². The van der Waals surface area contributed by atoms with Gasteiger partial charge in [-0.3, -0.25) is 0 Å². The first-order valence-electron chi connectivity index (χ1n) is 5.75. The molecule has 0 spiro atoms. The number of nitrogens with zero attached hydrogens (tertiary/aromatic N) is 2. The van der Waals surface area contributed by atoms with E-state index in [9.17, 15) is 0 Å². The number of hydrogen-bond donors (Lipinski definition) is 1. The molecule has 0 radical (unpaired) electrons. The molecule has 0 fully saturated rings. The van der Waals surface area contributed by atoms with Gasteiger partial charge < -0.3 is 15.0 Å². The molecular formula is C13H17N3O. The number of hydrogen-bond acceptors (Lipinski definition) is 3. The van der Waals surface area contributed by atoms with E-state index in [2.05, 4.69) is 11.9 Å². The van der Waals surface area contributed by atoms with E-state index in [-0.39, 0.29) is 6.04 Å². The lowest BCUT2D eigenvalue weighted by Gasteiger charge is -2.14. The molecule has 2 N–H and O–H groups in total. The highest BCUT2D eigenvalue weighted by Crippen LogP contribution is 2.13. The van der Waals surface area contributed by atoms with Gasteiger partial charge in [0.1, 0.15) is 18.2 Å². The molecule has 0 amide bonds. The summed E-state index contributed by atoms with van der Waals surface area (Å²) in [5, 5.41) is 0. The van der Waals surface area contributed by atoms with Gasteiger partial charge in [0.05, 0.1) is 6.04 Å².